The van der Waals surface area contributed by atoms with E-state index in [0.717, 1.165) is 16.7 Å². The fourth-order valence-electron chi connectivity index (χ4n) is 3.78. The molecule has 0 radical (unpaired) electrons. The Morgan fingerprint density at radius 1 is 0.667 bits per heavy atom. The average Bonchev–Trinajstić information content (AvgIpc) is 2.86. The zero-order valence-electron chi connectivity index (χ0n) is 18.3. The van der Waals surface area contributed by atoms with Crippen LogP contribution in [0.4, 0.5) is 4.39 Å². The van der Waals surface area contributed by atoms with Crippen LogP contribution in [0.3, 0.4) is 0 Å². The van der Waals surface area contributed by atoms with Crippen LogP contribution in [0.1, 0.15) is 16.7 Å². The molecule has 0 aromatic heterocycles. The summed E-state index contributed by atoms with van der Waals surface area (Å²) >= 11 is 0. The monoisotopic (exact) mass is 452 g/mol. The van der Waals surface area contributed by atoms with Crippen molar-refractivity contribution in [2.24, 2.45) is 0 Å². The third-order valence-corrected chi connectivity index (χ3v) is 5.57. The van der Waals surface area contributed by atoms with E-state index in [4.69, 9.17) is 18.9 Å². The first kappa shape index (κ1) is 23.5. The van der Waals surface area contributed by atoms with Gasteiger partial charge in [0, 0.05) is 0 Å². The largest absolute Gasteiger partial charge is 0.387 e. The van der Waals surface area contributed by atoms with Crippen molar-refractivity contribution in [2.75, 3.05) is 6.61 Å². The molecule has 0 spiro atoms. The molecule has 5 atom stereocenters. The highest BCUT2D eigenvalue weighted by Crippen LogP contribution is 2.29. The highest BCUT2D eigenvalue weighted by Gasteiger charge is 2.47. The summed E-state index contributed by atoms with van der Waals surface area (Å²) < 4.78 is 38.1. The second-order valence-corrected chi connectivity index (χ2v) is 8.04. The van der Waals surface area contributed by atoms with Crippen molar-refractivity contribution in [3.05, 3.63) is 108 Å². The van der Waals surface area contributed by atoms with E-state index in [-0.39, 0.29) is 19.8 Å². The molecule has 5 nitrogen and oxygen atoms in total. The lowest BCUT2D eigenvalue weighted by Crippen LogP contribution is -2.59. The summed E-state index contributed by atoms with van der Waals surface area (Å²) in [4.78, 5) is 0. The molecule has 174 valence electrons. The van der Waals surface area contributed by atoms with E-state index >= 15 is 4.39 Å². The molecule has 0 bridgehead atoms. The summed E-state index contributed by atoms with van der Waals surface area (Å²) in [5.41, 5.74) is 2.81. The van der Waals surface area contributed by atoms with Gasteiger partial charge in [0.15, 0.2) is 0 Å². The van der Waals surface area contributed by atoms with Crippen molar-refractivity contribution >= 4 is 0 Å². The van der Waals surface area contributed by atoms with Gasteiger partial charge in [-0.2, -0.15) is 0 Å². The molecule has 33 heavy (non-hydrogen) atoms. The number of hydrogen-bond acceptors (Lipinski definition) is 5. The topological polar surface area (TPSA) is 57.2 Å². The molecule has 3 aromatic rings. The van der Waals surface area contributed by atoms with Crippen molar-refractivity contribution in [2.45, 2.75) is 50.6 Å². The van der Waals surface area contributed by atoms with E-state index in [1.165, 1.54) is 0 Å². The van der Waals surface area contributed by atoms with Crippen molar-refractivity contribution in [3.8, 4) is 0 Å². The summed E-state index contributed by atoms with van der Waals surface area (Å²) in [7, 11) is 0. The Hall–Kier alpha value is -2.61. The minimum Gasteiger partial charge on any atom is -0.387 e. The molecule has 0 aliphatic carbocycles. The van der Waals surface area contributed by atoms with Gasteiger partial charge in [-0.15, -0.1) is 0 Å². The van der Waals surface area contributed by atoms with Gasteiger partial charge in [0.05, 0.1) is 26.4 Å². The van der Waals surface area contributed by atoms with Crippen LogP contribution in [0.15, 0.2) is 91.0 Å². The fraction of sp³-hybridized carbons (Fsp3) is 0.333. The predicted octanol–water partition coefficient (Wildman–Crippen LogP) is 4.43. The number of alkyl halides is 1. The summed E-state index contributed by atoms with van der Waals surface area (Å²) in [5, 5.41) is 11.0. The van der Waals surface area contributed by atoms with E-state index in [0.29, 0.717) is 6.61 Å². The minimum absolute atomic E-state index is 0.0348. The third-order valence-electron chi connectivity index (χ3n) is 5.57. The maximum atomic E-state index is 15.1. The highest BCUT2D eigenvalue weighted by atomic mass is 19.1. The molecule has 0 amide bonds. The molecule has 0 unspecified atom stereocenters. The smallest absolute Gasteiger partial charge is 0.228 e. The Bertz CT molecular complexity index is 941. The van der Waals surface area contributed by atoms with Gasteiger partial charge in [-0.3, -0.25) is 0 Å². The van der Waals surface area contributed by atoms with Crippen molar-refractivity contribution in [1.82, 2.24) is 0 Å². The van der Waals surface area contributed by atoms with Gasteiger partial charge in [0.1, 0.15) is 24.4 Å². The molecule has 4 rings (SSSR count). The van der Waals surface area contributed by atoms with Gasteiger partial charge in [-0.25, -0.2) is 4.39 Å². The normalized spacial score (nSPS) is 25.1. The van der Waals surface area contributed by atoms with Crippen LogP contribution < -0.4 is 0 Å². The van der Waals surface area contributed by atoms with E-state index in [1.807, 2.05) is 91.0 Å². The first-order valence-corrected chi connectivity index (χ1v) is 11.1. The van der Waals surface area contributed by atoms with Gasteiger partial charge >= 0.3 is 0 Å². The maximum Gasteiger partial charge on any atom is 0.228 e. The Kier molecular flexibility index (Phi) is 8.58. The molecule has 3 aromatic carbocycles. The van der Waals surface area contributed by atoms with Crippen LogP contribution in [0, 0.1) is 0 Å². The Labute approximate surface area is 193 Å². The summed E-state index contributed by atoms with van der Waals surface area (Å²) in [6, 6.07) is 28.7. The Morgan fingerprint density at radius 3 is 1.64 bits per heavy atom. The second kappa shape index (κ2) is 12.0. The highest BCUT2D eigenvalue weighted by molar-refractivity contribution is 5.15. The standard InChI is InChI=1S/C27H29FO5/c28-27-26(32-18-22-14-8-3-9-15-22)25(31-17-21-12-6-2-7-13-21)24(29)23(33-27)19-30-16-20-10-4-1-5-11-20/h1-15,23-27,29H,16-19H2/t23-,24+,25+,26-,27-/m1/s1. The van der Waals surface area contributed by atoms with E-state index in [2.05, 4.69) is 0 Å². The number of benzene rings is 3. The van der Waals surface area contributed by atoms with Gasteiger partial charge in [0.2, 0.25) is 6.36 Å². The summed E-state index contributed by atoms with van der Waals surface area (Å²) in [6.07, 6.45) is -5.74. The zero-order valence-corrected chi connectivity index (χ0v) is 18.3. The Balaban J connectivity index is 1.41. The lowest BCUT2D eigenvalue weighted by Gasteiger charge is -2.41. The molecule has 1 fully saturated rings. The van der Waals surface area contributed by atoms with Crippen molar-refractivity contribution in [1.29, 1.82) is 0 Å². The molecule has 1 N–H and O–H groups in total. The number of aliphatic hydroxyl groups is 1. The molecule has 1 aliphatic rings. The Morgan fingerprint density at radius 2 is 1.12 bits per heavy atom. The molecular formula is C27H29FO5. The molecule has 1 heterocycles. The maximum absolute atomic E-state index is 15.1. The number of halogens is 1. The summed E-state index contributed by atoms with van der Waals surface area (Å²) in [5.74, 6) is 0. The quantitative estimate of drug-likeness (QED) is 0.493. The number of ether oxygens (including phenoxy) is 4. The van der Waals surface area contributed by atoms with Crippen LogP contribution in [-0.2, 0) is 38.8 Å². The average molecular weight is 453 g/mol. The van der Waals surface area contributed by atoms with E-state index < -0.39 is 30.8 Å². The predicted molar refractivity (Wildman–Crippen MR) is 122 cm³/mol. The van der Waals surface area contributed by atoms with Crippen LogP contribution in [0.5, 0.6) is 0 Å². The van der Waals surface area contributed by atoms with Crippen LogP contribution in [-0.4, -0.2) is 42.5 Å². The van der Waals surface area contributed by atoms with E-state index in [1.54, 1.807) is 0 Å². The minimum atomic E-state index is -1.76. The third kappa shape index (κ3) is 6.69. The van der Waals surface area contributed by atoms with Crippen LogP contribution in [0.2, 0.25) is 0 Å². The molecule has 0 saturated carbocycles. The van der Waals surface area contributed by atoms with E-state index in [9.17, 15) is 5.11 Å². The SMILES string of the molecule is O[C@@H]1[C@H](OCc2ccccc2)[C@@H](OCc2ccccc2)[C@H](F)O[C@@H]1COCc1ccccc1. The van der Waals surface area contributed by atoms with Crippen LogP contribution >= 0.6 is 0 Å². The number of hydrogen-bond donors (Lipinski definition) is 1. The number of rotatable bonds is 10. The second-order valence-electron chi connectivity index (χ2n) is 8.04. The first-order chi connectivity index (χ1) is 16.2. The van der Waals surface area contributed by atoms with Gasteiger partial charge in [0.25, 0.3) is 0 Å². The first-order valence-electron chi connectivity index (χ1n) is 11.1. The lowest BCUT2D eigenvalue weighted by molar-refractivity contribution is -0.289. The molecule has 1 aliphatic heterocycles. The molecule has 6 heteroatoms. The van der Waals surface area contributed by atoms with Crippen molar-refractivity contribution in [3.63, 3.8) is 0 Å². The lowest BCUT2D eigenvalue weighted by atomic mass is 9.99. The van der Waals surface area contributed by atoms with Crippen molar-refractivity contribution < 1.29 is 28.4 Å². The summed E-state index contributed by atoms with van der Waals surface area (Å²) in [6.45, 7) is 0.779. The zero-order chi connectivity index (χ0) is 22.9. The van der Waals surface area contributed by atoms with Gasteiger partial charge in [-0.05, 0) is 16.7 Å². The van der Waals surface area contributed by atoms with Crippen LogP contribution in [0.25, 0.3) is 0 Å². The van der Waals surface area contributed by atoms with Gasteiger partial charge < -0.3 is 24.1 Å². The molecular weight excluding hydrogens is 423 g/mol. The van der Waals surface area contributed by atoms with Gasteiger partial charge in [-0.1, -0.05) is 91.0 Å². The molecule has 1 saturated heterocycles. The fourth-order valence-corrected chi connectivity index (χ4v) is 3.78. The number of aliphatic hydroxyl groups excluding tert-OH is 1.